The third-order valence-corrected chi connectivity index (χ3v) is 6.73. The molecule has 12 heteroatoms. The lowest BCUT2D eigenvalue weighted by molar-refractivity contribution is 0.0521. The van der Waals surface area contributed by atoms with E-state index in [1.165, 1.54) is 21.5 Å². The molecular weight excluding hydrogens is 581 g/mol. The molecule has 5 rings (SSSR count). The molecule has 232 valence electrons. The van der Waals surface area contributed by atoms with Crippen molar-refractivity contribution < 1.29 is 28.2 Å². The predicted octanol–water partition coefficient (Wildman–Crippen LogP) is 5.94. The Labute approximate surface area is 258 Å². The number of hydrogen-bond acceptors (Lipinski definition) is 7. The Morgan fingerprint density at radius 2 is 1.73 bits per heavy atom. The number of fused-ring (bicyclic) bond motifs is 1. The minimum Gasteiger partial charge on any atom is -0.497 e. The number of hydrogen-bond donors (Lipinski definition) is 2. The molecule has 2 heterocycles. The second-order valence-corrected chi connectivity index (χ2v) is 11.0. The van der Waals surface area contributed by atoms with Gasteiger partial charge < -0.3 is 24.8 Å². The molecule has 0 bridgehead atoms. The Hall–Kier alpha value is -5.65. The monoisotopic (exact) mass is 613 g/mol. The molecule has 0 aliphatic heterocycles. The number of benzene rings is 3. The van der Waals surface area contributed by atoms with Gasteiger partial charge in [-0.1, -0.05) is 18.2 Å². The fourth-order valence-corrected chi connectivity index (χ4v) is 4.70. The summed E-state index contributed by atoms with van der Waals surface area (Å²) in [6, 6.07) is 19.5. The van der Waals surface area contributed by atoms with Crippen LogP contribution >= 0.6 is 0 Å². The van der Waals surface area contributed by atoms with Crippen LogP contribution in [0.4, 0.5) is 14.9 Å². The molecule has 0 radical (unpaired) electrons. The summed E-state index contributed by atoms with van der Waals surface area (Å²) < 4.78 is 34.5. The lowest BCUT2D eigenvalue weighted by atomic mass is 10.2. The van der Waals surface area contributed by atoms with Gasteiger partial charge in [0.1, 0.15) is 22.7 Å². The van der Waals surface area contributed by atoms with Crippen LogP contribution in [0.5, 0.6) is 17.2 Å². The Bertz CT molecular complexity index is 1950. The van der Waals surface area contributed by atoms with Crippen LogP contribution in [0.25, 0.3) is 16.6 Å². The first-order chi connectivity index (χ1) is 21.4. The number of aromatic nitrogens is 3. The number of pyridine rings is 1. The largest absolute Gasteiger partial charge is 0.497 e. The van der Waals surface area contributed by atoms with Crippen molar-refractivity contribution in [1.82, 2.24) is 19.7 Å². The highest BCUT2D eigenvalue weighted by molar-refractivity contribution is 6.05. The minimum absolute atomic E-state index is 0.0790. The Kier molecular flexibility index (Phi) is 8.57. The number of nitrogens with one attached hydrogen (secondary N) is 2. The molecule has 0 fully saturated rings. The summed E-state index contributed by atoms with van der Waals surface area (Å²) in [6.45, 7) is 4.98. The summed E-state index contributed by atoms with van der Waals surface area (Å²) in [7, 11) is 3.15. The molecule has 0 unspecified atom stereocenters. The zero-order valence-electron chi connectivity index (χ0n) is 25.4. The molecule has 0 aliphatic carbocycles. The van der Waals surface area contributed by atoms with E-state index in [0.717, 1.165) is 6.07 Å². The highest BCUT2D eigenvalue weighted by atomic mass is 19.1. The van der Waals surface area contributed by atoms with Crippen molar-refractivity contribution in [1.29, 1.82) is 0 Å². The van der Waals surface area contributed by atoms with E-state index in [1.54, 1.807) is 95.7 Å². The quantitative estimate of drug-likeness (QED) is 0.222. The van der Waals surface area contributed by atoms with Crippen LogP contribution in [0.1, 0.15) is 36.8 Å². The number of anilines is 1. The highest BCUT2D eigenvalue weighted by Crippen LogP contribution is 2.33. The van der Waals surface area contributed by atoms with Gasteiger partial charge in [-0.15, -0.1) is 0 Å². The first-order valence-electron chi connectivity index (χ1n) is 14.0. The maximum Gasteiger partial charge on any atom is 0.407 e. The maximum absolute atomic E-state index is 15.3. The molecule has 2 aromatic heterocycles. The Morgan fingerprint density at radius 1 is 0.978 bits per heavy atom. The van der Waals surface area contributed by atoms with Crippen molar-refractivity contribution in [3.8, 4) is 22.9 Å². The normalized spacial score (nSPS) is 11.2. The van der Waals surface area contributed by atoms with Crippen LogP contribution in [-0.4, -0.2) is 39.1 Å². The summed E-state index contributed by atoms with van der Waals surface area (Å²) in [6.07, 6.45) is 0.827. The highest BCUT2D eigenvalue weighted by Gasteiger charge is 2.26. The summed E-state index contributed by atoms with van der Waals surface area (Å²) in [5.74, 6) is -0.603. The minimum atomic E-state index is -0.784. The summed E-state index contributed by atoms with van der Waals surface area (Å²) in [5.41, 5.74) is -0.164. The van der Waals surface area contributed by atoms with Crippen molar-refractivity contribution in [2.45, 2.75) is 32.9 Å². The Morgan fingerprint density at radius 3 is 2.42 bits per heavy atom. The molecule has 0 saturated carbocycles. The van der Waals surface area contributed by atoms with Crippen molar-refractivity contribution in [2.75, 3.05) is 12.4 Å². The topological polar surface area (TPSA) is 126 Å². The maximum atomic E-state index is 15.3. The van der Waals surface area contributed by atoms with E-state index in [2.05, 4.69) is 15.6 Å². The zero-order chi connectivity index (χ0) is 32.3. The summed E-state index contributed by atoms with van der Waals surface area (Å²) in [5, 5.41) is 5.86. The first kappa shape index (κ1) is 30.8. The van der Waals surface area contributed by atoms with Gasteiger partial charge in [0.05, 0.1) is 30.6 Å². The standard InChI is InChI=1S/C33H32FN5O6/c1-33(2,3)45-32(42)36-19-26-29(31(41)39(38(26)4)21-9-7-6-8-10-21)30(40)37-20-11-14-28(24(34)17-20)44-27-15-16-35-25-18-22(43-5)12-13-23(25)27/h6-18H,19H2,1-5H3,(H,36,42)(H,37,40). The zero-order valence-corrected chi connectivity index (χ0v) is 25.4. The molecule has 0 saturated heterocycles. The van der Waals surface area contributed by atoms with E-state index >= 15 is 4.39 Å². The first-order valence-corrected chi connectivity index (χ1v) is 14.0. The number of methoxy groups -OCH3 is 1. The van der Waals surface area contributed by atoms with E-state index in [4.69, 9.17) is 14.2 Å². The van der Waals surface area contributed by atoms with Crippen molar-refractivity contribution in [3.63, 3.8) is 0 Å². The molecule has 2 amide bonds. The van der Waals surface area contributed by atoms with Crippen molar-refractivity contribution in [3.05, 3.63) is 106 Å². The molecule has 2 N–H and O–H groups in total. The van der Waals surface area contributed by atoms with Gasteiger partial charge in [0.2, 0.25) is 0 Å². The van der Waals surface area contributed by atoms with Crippen LogP contribution in [0.15, 0.2) is 83.8 Å². The van der Waals surface area contributed by atoms with Crippen LogP contribution < -0.4 is 25.7 Å². The number of alkyl carbamates (subject to hydrolysis) is 1. The molecule has 5 aromatic rings. The van der Waals surface area contributed by atoms with Crippen molar-refractivity contribution in [2.24, 2.45) is 7.05 Å². The van der Waals surface area contributed by atoms with Crippen LogP contribution in [0.3, 0.4) is 0 Å². The number of rotatable bonds is 8. The second kappa shape index (κ2) is 12.5. The van der Waals surface area contributed by atoms with E-state index in [-0.39, 0.29) is 29.2 Å². The lowest BCUT2D eigenvalue weighted by Gasteiger charge is -2.20. The molecule has 0 spiro atoms. The van der Waals surface area contributed by atoms with Gasteiger partial charge in [-0.25, -0.2) is 13.9 Å². The van der Waals surface area contributed by atoms with Gasteiger partial charge in [0.15, 0.2) is 11.6 Å². The van der Waals surface area contributed by atoms with Gasteiger partial charge in [-0.2, -0.15) is 0 Å². The summed E-state index contributed by atoms with van der Waals surface area (Å²) in [4.78, 5) is 43.9. The molecule has 45 heavy (non-hydrogen) atoms. The third kappa shape index (κ3) is 6.80. The SMILES string of the molecule is COc1ccc2c(Oc3ccc(NC(=O)c4c(CNC(=O)OC(C)(C)C)n(C)n(-c5ccccc5)c4=O)cc3F)ccnc2c1. The number of carbonyl (C=O) groups is 2. The number of amides is 2. The predicted molar refractivity (Wildman–Crippen MR) is 167 cm³/mol. The molecule has 0 aliphatic rings. The van der Waals surface area contributed by atoms with Crippen LogP contribution in [0, 0.1) is 5.82 Å². The molecular formula is C33H32FN5O6. The average molecular weight is 614 g/mol. The summed E-state index contributed by atoms with van der Waals surface area (Å²) >= 11 is 0. The number of nitrogens with zero attached hydrogens (tertiary/aromatic N) is 3. The number of carbonyl (C=O) groups excluding carboxylic acids is 2. The molecule has 0 atom stereocenters. The third-order valence-electron chi connectivity index (χ3n) is 6.73. The van der Waals surface area contributed by atoms with Gasteiger partial charge in [0, 0.05) is 36.5 Å². The van der Waals surface area contributed by atoms with E-state index < -0.39 is 29.0 Å². The fraction of sp³-hybridized carbons (Fsp3) is 0.212. The van der Waals surface area contributed by atoms with Gasteiger partial charge in [-0.05, 0) is 63.2 Å². The van der Waals surface area contributed by atoms with Crippen molar-refractivity contribution >= 4 is 28.6 Å². The number of ether oxygens (including phenoxy) is 3. The van der Waals surface area contributed by atoms with E-state index in [9.17, 15) is 14.4 Å². The van der Waals surface area contributed by atoms with Gasteiger partial charge in [0.25, 0.3) is 11.5 Å². The average Bonchev–Trinajstić information content (AvgIpc) is 3.25. The second-order valence-electron chi connectivity index (χ2n) is 11.0. The number of para-hydroxylation sites is 1. The number of halogens is 1. The smallest absolute Gasteiger partial charge is 0.407 e. The lowest BCUT2D eigenvalue weighted by Crippen LogP contribution is -2.33. The van der Waals surface area contributed by atoms with E-state index in [0.29, 0.717) is 28.1 Å². The molecule has 3 aromatic carbocycles. The van der Waals surface area contributed by atoms with Crippen LogP contribution in [-0.2, 0) is 18.3 Å². The van der Waals surface area contributed by atoms with E-state index in [1.807, 2.05) is 0 Å². The Balaban J connectivity index is 1.42. The van der Waals surface area contributed by atoms with Crippen LogP contribution in [0.2, 0.25) is 0 Å². The molecule has 11 nitrogen and oxygen atoms in total. The van der Waals surface area contributed by atoms with Gasteiger partial charge in [-0.3, -0.25) is 19.3 Å². The van der Waals surface area contributed by atoms with Gasteiger partial charge >= 0.3 is 6.09 Å². The fourth-order valence-electron chi connectivity index (χ4n) is 4.70.